The maximum atomic E-state index is 10.3. The molecule has 0 bridgehead atoms. The zero-order valence-electron chi connectivity index (χ0n) is 8.55. The average molecular weight is 281 g/mol. The second kappa shape index (κ2) is 4.09. The molecule has 0 aliphatic rings. The van der Waals surface area contributed by atoms with E-state index in [4.69, 9.17) is 0 Å². The second-order valence-electron chi connectivity index (χ2n) is 3.43. The number of fused-ring (bicyclic) bond motifs is 1. The molecule has 1 aromatic carbocycles. The number of hydrogen-bond donors (Lipinski definition) is 0. The quantitative estimate of drug-likeness (QED) is 0.627. The van der Waals surface area contributed by atoms with Gasteiger partial charge in [-0.2, -0.15) is 0 Å². The highest BCUT2D eigenvalue weighted by atomic mass is 79.9. The van der Waals surface area contributed by atoms with Gasteiger partial charge in [-0.05, 0) is 18.2 Å². The summed E-state index contributed by atoms with van der Waals surface area (Å²) in [5.74, 6) is 0. The van der Waals surface area contributed by atoms with Crippen molar-refractivity contribution in [2.75, 3.05) is 0 Å². The first kappa shape index (κ1) is 10.9. The van der Waals surface area contributed by atoms with Crippen LogP contribution < -0.4 is 0 Å². The lowest BCUT2D eigenvalue weighted by atomic mass is 10.2. The molecule has 0 spiro atoms. The molecule has 4 nitrogen and oxygen atoms in total. The number of benzene rings is 1. The van der Waals surface area contributed by atoms with Gasteiger partial charge in [0.2, 0.25) is 6.20 Å². The monoisotopic (exact) mass is 280 g/mol. The lowest BCUT2D eigenvalue weighted by Crippen LogP contribution is -1.91. The minimum atomic E-state index is -0.465. The summed E-state index contributed by atoms with van der Waals surface area (Å²) >= 11 is 3.40. The molecule has 5 heteroatoms. The van der Waals surface area contributed by atoms with Crippen LogP contribution in [0.15, 0.2) is 34.9 Å². The molecule has 1 aromatic heterocycles. The molecular formula is C11H9BrN2O2. The Balaban J connectivity index is 2.56. The Kier molecular flexibility index (Phi) is 2.78. The average Bonchev–Trinajstić information content (AvgIpc) is 2.53. The van der Waals surface area contributed by atoms with E-state index in [2.05, 4.69) is 15.9 Å². The van der Waals surface area contributed by atoms with E-state index >= 15 is 0 Å². The van der Waals surface area contributed by atoms with E-state index < -0.39 is 4.92 Å². The third-order valence-electron chi connectivity index (χ3n) is 2.41. The summed E-state index contributed by atoms with van der Waals surface area (Å²) in [6.45, 7) is 0. The largest absolute Gasteiger partial charge is 0.344 e. The SMILES string of the molecule is Cn1c(C=C[N+](=O)[O-])cc2ccc(Br)cc21. The third-order valence-corrected chi connectivity index (χ3v) is 2.90. The van der Waals surface area contributed by atoms with Crippen molar-refractivity contribution < 1.29 is 4.92 Å². The minimum absolute atomic E-state index is 0.465. The molecule has 16 heavy (non-hydrogen) atoms. The van der Waals surface area contributed by atoms with E-state index in [0.29, 0.717) is 0 Å². The van der Waals surface area contributed by atoms with Gasteiger partial charge in [0.25, 0.3) is 0 Å². The van der Waals surface area contributed by atoms with Gasteiger partial charge in [-0.1, -0.05) is 22.0 Å². The summed E-state index contributed by atoms with van der Waals surface area (Å²) in [6.07, 6.45) is 2.44. The smallest absolute Gasteiger partial charge is 0.236 e. The Labute approximate surface area is 100 Å². The fourth-order valence-electron chi connectivity index (χ4n) is 1.62. The van der Waals surface area contributed by atoms with E-state index in [-0.39, 0.29) is 0 Å². The molecule has 1 heterocycles. The molecule has 0 aliphatic carbocycles. The number of nitro groups is 1. The van der Waals surface area contributed by atoms with Crippen molar-refractivity contribution in [2.24, 2.45) is 7.05 Å². The van der Waals surface area contributed by atoms with E-state index in [1.165, 1.54) is 6.08 Å². The number of aryl methyl sites for hydroxylation is 1. The molecule has 0 atom stereocenters. The van der Waals surface area contributed by atoms with Crippen molar-refractivity contribution in [1.82, 2.24) is 4.57 Å². The summed E-state index contributed by atoms with van der Waals surface area (Å²) < 4.78 is 2.91. The molecule has 0 N–H and O–H groups in total. The zero-order valence-corrected chi connectivity index (χ0v) is 10.1. The van der Waals surface area contributed by atoms with Crippen LogP contribution in [0.25, 0.3) is 17.0 Å². The van der Waals surface area contributed by atoms with Gasteiger partial charge in [-0.25, -0.2) is 0 Å². The molecule has 0 aliphatic heterocycles. The van der Waals surface area contributed by atoms with Crippen molar-refractivity contribution in [1.29, 1.82) is 0 Å². The van der Waals surface area contributed by atoms with E-state index in [1.807, 2.05) is 35.9 Å². The fraction of sp³-hybridized carbons (Fsp3) is 0.0909. The van der Waals surface area contributed by atoms with Crippen LogP contribution >= 0.6 is 15.9 Å². The highest BCUT2D eigenvalue weighted by Gasteiger charge is 2.04. The fourth-order valence-corrected chi connectivity index (χ4v) is 1.97. The molecule has 0 saturated heterocycles. The summed E-state index contributed by atoms with van der Waals surface area (Å²) in [4.78, 5) is 9.79. The van der Waals surface area contributed by atoms with Crippen LogP contribution in [0.1, 0.15) is 5.69 Å². The Hall–Kier alpha value is -1.62. The number of halogens is 1. The molecule has 0 saturated carbocycles. The molecule has 0 radical (unpaired) electrons. The van der Waals surface area contributed by atoms with Gasteiger partial charge >= 0.3 is 0 Å². The van der Waals surface area contributed by atoms with Crippen molar-refractivity contribution in [3.05, 3.63) is 50.7 Å². The highest BCUT2D eigenvalue weighted by molar-refractivity contribution is 9.10. The number of nitrogens with zero attached hydrogens (tertiary/aromatic N) is 2. The number of aromatic nitrogens is 1. The molecule has 0 fully saturated rings. The lowest BCUT2D eigenvalue weighted by molar-refractivity contribution is -0.401. The molecular weight excluding hydrogens is 272 g/mol. The molecule has 0 unspecified atom stereocenters. The lowest BCUT2D eigenvalue weighted by Gasteiger charge is -1.98. The number of hydrogen-bond acceptors (Lipinski definition) is 2. The molecule has 2 aromatic rings. The number of rotatable bonds is 2. The van der Waals surface area contributed by atoms with Gasteiger partial charge in [0.1, 0.15) is 0 Å². The minimum Gasteiger partial charge on any atom is -0.344 e. The Bertz CT molecular complexity index is 587. The van der Waals surface area contributed by atoms with Crippen molar-refractivity contribution in [3.63, 3.8) is 0 Å². The Morgan fingerprint density at radius 3 is 2.88 bits per heavy atom. The van der Waals surface area contributed by atoms with Crippen molar-refractivity contribution in [2.45, 2.75) is 0 Å². The van der Waals surface area contributed by atoms with Gasteiger partial charge < -0.3 is 4.57 Å². The predicted octanol–water partition coefficient (Wildman–Crippen LogP) is 3.19. The highest BCUT2D eigenvalue weighted by Crippen LogP contribution is 2.23. The maximum absolute atomic E-state index is 10.3. The molecule has 2 rings (SSSR count). The van der Waals surface area contributed by atoms with Gasteiger partial charge in [0.05, 0.1) is 4.92 Å². The summed E-state index contributed by atoms with van der Waals surface area (Å²) in [5, 5.41) is 11.3. The summed E-state index contributed by atoms with van der Waals surface area (Å²) in [5.41, 5.74) is 1.85. The maximum Gasteiger partial charge on any atom is 0.236 e. The van der Waals surface area contributed by atoms with Gasteiger partial charge in [-0.3, -0.25) is 10.1 Å². The van der Waals surface area contributed by atoms with Crippen LogP contribution in [0.3, 0.4) is 0 Å². The Morgan fingerprint density at radius 2 is 2.19 bits per heavy atom. The molecule has 82 valence electrons. The van der Waals surface area contributed by atoms with E-state index in [0.717, 1.165) is 27.3 Å². The first-order valence-corrected chi connectivity index (χ1v) is 5.44. The second-order valence-corrected chi connectivity index (χ2v) is 4.35. The van der Waals surface area contributed by atoms with Crippen LogP contribution in [0, 0.1) is 10.1 Å². The van der Waals surface area contributed by atoms with E-state index in [9.17, 15) is 10.1 Å². The third kappa shape index (κ3) is 1.99. The normalized spacial score (nSPS) is 11.4. The summed E-state index contributed by atoms with van der Waals surface area (Å²) in [6, 6.07) is 7.83. The topological polar surface area (TPSA) is 48.1 Å². The Morgan fingerprint density at radius 1 is 1.44 bits per heavy atom. The summed E-state index contributed by atoms with van der Waals surface area (Å²) in [7, 11) is 1.88. The van der Waals surface area contributed by atoms with Crippen LogP contribution in [0.4, 0.5) is 0 Å². The van der Waals surface area contributed by atoms with Crippen LogP contribution in [0.5, 0.6) is 0 Å². The first-order chi connectivity index (χ1) is 7.58. The van der Waals surface area contributed by atoms with Gasteiger partial charge in [0, 0.05) is 34.2 Å². The predicted molar refractivity (Wildman–Crippen MR) is 66.6 cm³/mol. The molecule has 0 amide bonds. The van der Waals surface area contributed by atoms with E-state index in [1.54, 1.807) is 0 Å². The first-order valence-electron chi connectivity index (χ1n) is 4.64. The van der Waals surface area contributed by atoms with Crippen LogP contribution in [-0.4, -0.2) is 9.49 Å². The zero-order chi connectivity index (χ0) is 11.7. The standard InChI is InChI=1S/C11H9BrN2O2/c1-13-10(4-5-14(15)16)6-8-2-3-9(12)7-11(8)13/h2-7H,1H3. The van der Waals surface area contributed by atoms with Gasteiger partial charge in [-0.15, -0.1) is 0 Å². The van der Waals surface area contributed by atoms with Crippen LogP contribution in [0.2, 0.25) is 0 Å². The van der Waals surface area contributed by atoms with Crippen LogP contribution in [-0.2, 0) is 7.05 Å². The van der Waals surface area contributed by atoms with Crippen molar-refractivity contribution >= 4 is 32.9 Å². The van der Waals surface area contributed by atoms with Crippen molar-refractivity contribution in [3.8, 4) is 0 Å². The van der Waals surface area contributed by atoms with Gasteiger partial charge in [0.15, 0.2) is 0 Å².